The van der Waals surface area contributed by atoms with E-state index >= 15 is 0 Å². The smallest absolute Gasteiger partial charge is 0.323 e. The molecule has 8 nitrogen and oxygen atoms in total. The lowest BCUT2D eigenvalue weighted by Gasteiger charge is -2.35. The molecule has 0 spiro atoms. The molecule has 0 atom stereocenters. The lowest BCUT2D eigenvalue weighted by atomic mass is 9.91. The summed E-state index contributed by atoms with van der Waals surface area (Å²) in [6, 6.07) is 10.2. The fraction of sp³-hybridized carbons (Fsp3) is 0.333. The van der Waals surface area contributed by atoms with Gasteiger partial charge >= 0.3 is 12.0 Å². The molecule has 2 aromatic heterocycles. The Hall–Kier alpha value is -3.59. The largest absolute Gasteiger partial charge is 0.467 e. The number of methoxy groups -OCH3 is 1. The van der Waals surface area contributed by atoms with Crippen LogP contribution in [0.2, 0.25) is 0 Å². The zero-order valence-electron chi connectivity index (χ0n) is 18.4. The summed E-state index contributed by atoms with van der Waals surface area (Å²) < 4.78 is 19.0. The number of amides is 2. The van der Waals surface area contributed by atoms with Crippen LogP contribution < -0.4 is 20.7 Å². The Morgan fingerprint density at radius 1 is 1.06 bits per heavy atom. The number of pyridine rings is 1. The molecule has 33 heavy (non-hydrogen) atoms. The van der Waals surface area contributed by atoms with Gasteiger partial charge in [-0.3, -0.25) is 4.90 Å². The van der Waals surface area contributed by atoms with E-state index in [-0.39, 0.29) is 36.5 Å². The number of rotatable bonds is 6. The van der Waals surface area contributed by atoms with Gasteiger partial charge in [0.15, 0.2) is 0 Å². The third-order valence-electron chi connectivity index (χ3n) is 5.85. The van der Waals surface area contributed by atoms with E-state index in [2.05, 4.69) is 20.3 Å². The first-order valence-electron chi connectivity index (χ1n) is 10.9. The van der Waals surface area contributed by atoms with Crippen molar-refractivity contribution < 1.29 is 13.9 Å². The van der Waals surface area contributed by atoms with Gasteiger partial charge in [-0.05, 0) is 43.9 Å². The predicted octanol–water partition coefficient (Wildman–Crippen LogP) is 3.67. The summed E-state index contributed by atoms with van der Waals surface area (Å²) in [5.41, 5.74) is 8.11. The Balaban J connectivity index is 1.54. The molecular weight excluding hydrogens is 423 g/mol. The van der Waals surface area contributed by atoms with Crippen LogP contribution in [0.4, 0.5) is 15.0 Å². The van der Waals surface area contributed by atoms with Crippen LogP contribution in [-0.4, -0.2) is 40.2 Å². The summed E-state index contributed by atoms with van der Waals surface area (Å²) in [6.45, 7) is 0.0928. The topological polar surface area (TPSA) is 106 Å². The molecule has 1 aliphatic rings. The van der Waals surface area contributed by atoms with Crippen LogP contribution in [-0.2, 0) is 6.54 Å². The second kappa shape index (κ2) is 10.4. The van der Waals surface area contributed by atoms with Gasteiger partial charge in [0, 0.05) is 53.9 Å². The third-order valence-corrected chi connectivity index (χ3v) is 5.85. The lowest BCUT2D eigenvalue weighted by Crippen LogP contribution is -2.49. The number of urea groups is 1. The van der Waals surface area contributed by atoms with Crippen LogP contribution in [0.1, 0.15) is 31.2 Å². The Labute approximate surface area is 192 Å². The molecule has 2 heterocycles. The van der Waals surface area contributed by atoms with Gasteiger partial charge in [-0.1, -0.05) is 18.2 Å². The van der Waals surface area contributed by atoms with E-state index in [1.165, 1.54) is 13.2 Å². The van der Waals surface area contributed by atoms with Crippen LogP contribution >= 0.6 is 0 Å². The molecule has 172 valence electrons. The maximum atomic E-state index is 14.0. The normalized spacial score (nSPS) is 17.9. The maximum absolute atomic E-state index is 14.0. The predicted molar refractivity (Wildman–Crippen MR) is 123 cm³/mol. The fourth-order valence-corrected chi connectivity index (χ4v) is 3.98. The second-order valence-corrected chi connectivity index (χ2v) is 8.05. The highest BCUT2D eigenvalue weighted by Gasteiger charge is 2.30. The molecule has 0 unspecified atom stereocenters. The molecule has 9 heteroatoms. The Morgan fingerprint density at radius 2 is 1.76 bits per heavy atom. The summed E-state index contributed by atoms with van der Waals surface area (Å²) in [5.74, 6) is 0.178. The quantitative estimate of drug-likeness (QED) is 0.594. The highest BCUT2D eigenvalue weighted by Crippen LogP contribution is 2.28. The first-order chi connectivity index (χ1) is 16.0. The molecule has 0 radical (unpaired) electrons. The summed E-state index contributed by atoms with van der Waals surface area (Å²) in [7, 11) is 1.51. The number of halogens is 1. The molecule has 0 aliphatic heterocycles. The van der Waals surface area contributed by atoms with Crippen molar-refractivity contribution in [3.63, 3.8) is 0 Å². The summed E-state index contributed by atoms with van der Waals surface area (Å²) >= 11 is 0. The molecule has 0 bridgehead atoms. The summed E-state index contributed by atoms with van der Waals surface area (Å²) in [6.07, 6.45) is 8.24. The number of carbonyl (C=O) groups excluding carboxylic acids is 1. The molecule has 3 N–H and O–H groups in total. The van der Waals surface area contributed by atoms with Gasteiger partial charge in [-0.25, -0.2) is 24.1 Å². The van der Waals surface area contributed by atoms with Crippen molar-refractivity contribution in [3.05, 3.63) is 66.4 Å². The van der Waals surface area contributed by atoms with Crippen molar-refractivity contribution in [2.45, 2.75) is 44.3 Å². The lowest BCUT2D eigenvalue weighted by molar-refractivity contribution is 0.239. The van der Waals surface area contributed by atoms with Gasteiger partial charge < -0.3 is 15.8 Å². The first kappa shape index (κ1) is 22.6. The SMILES string of the molecule is COc1ncc(-c2ccc(N(C(=O)NCc3ccccc3F)[C@H]3CC[C@H](N)CC3)nc2)cn1. The second-order valence-electron chi connectivity index (χ2n) is 8.05. The highest BCUT2D eigenvalue weighted by molar-refractivity contribution is 5.91. The van der Waals surface area contributed by atoms with E-state index < -0.39 is 0 Å². The monoisotopic (exact) mass is 450 g/mol. The number of hydrogen-bond acceptors (Lipinski definition) is 6. The number of hydrogen-bond donors (Lipinski definition) is 2. The van der Waals surface area contributed by atoms with Gasteiger partial charge in [0.2, 0.25) is 0 Å². The Kier molecular flexibility index (Phi) is 7.09. The molecular formula is C24H27FN6O2. The molecule has 1 aromatic carbocycles. The van der Waals surface area contributed by atoms with Crippen LogP contribution in [0, 0.1) is 5.82 Å². The number of nitrogens with two attached hydrogens (primary N) is 1. The molecule has 0 saturated heterocycles. The van der Waals surface area contributed by atoms with Crippen molar-refractivity contribution in [1.82, 2.24) is 20.3 Å². The standard InChI is InChI=1S/C24H27FN6O2/c1-33-23-28-14-18(15-29-23)16-6-11-22(27-12-16)31(20-9-7-19(26)8-10-20)24(32)30-13-17-4-2-3-5-21(17)25/h2-6,11-12,14-15,19-20H,7-10,13,26H2,1H3,(H,30,32)/t19-,20-. The van der Waals surface area contributed by atoms with E-state index in [9.17, 15) is 9.18 Å². The fourth-order valence-electron chi connectivity index (χ4n) is 3.98. The average Bonchev–Trinajstić information content (AvgIpc) is 2.85. The van der Waals surface area contributed by atoms with Gasteiger partial charge in [0.05, 0.1) is 7.11 Å². The maximum Gasteiger partial charge on any atom is 0.323 e. The summed E-state index contributed by atoms with van der Waals surface area (Å²) in [5, 5.41) is 2.85. The third kappa shape index (κ3) is 5.43. The molecule has 2 amide bonds. The molecule has 1 aliphatic carbocycles. The Morgan fingerprint density at radius 3 is 2.39 bits per heavy atom. The first-order valence-corrected chi connectivity index (χ1v) is 10.9. The van der Waals surface area contributed by atoms with E-state index in [1.54, 1.807) is 47.8 Å². The minimum Gasteiger partial charge on any atom is -0.467 e. The number of anilines is 1. The molecule has 1 saturated carbocycles. The number of aromatic nitrogens is 3. The van der Waals surface area contributed by atoms with Crippen molar-refractivity contribution in [2.24, 2.45) is 5.73 Å². The molecule has 1 fully saturated rings. The van der Waals surface area contributed by atoms with Gasteiger partial charge in [0.1, 0.15) is 11.6 Å². The van der Waals surface area contributed by atoms with Crippen LogP contribution in [0.15, 0.2) is 55.0 Å². The number of ether oxygens (including phenoxy) is 1. The Bertz CT molecular complexity index is 1070. The van der Waals surface area contributed by atoms with Gasteiger partial charge in [0.25, 0.3) is 0 Å². The van der Waals surface area contributed by atoms with Crippen LogP contribution in [0.3, 0.4) is 0 Å². The van der Waals surface area contributed by atoms with E-state index in [0.29, 0.717) is 11.4 Å². The van der Waals surface area contributed by atoms with Gasteiger partial charge in [-0.2, -0.15) is 0 Å². The van der Waals surface area contributed by atoms with E-state index in [1.807, 2.05) is 6.07 Å². The molecule has 4 rings (SSSR count). The summed E-state index contributed by atoms with van der Waals surface area (Å²) in [4.78, 5) is 27.7. The minimum absolute atomic E-state index is 0.0342. The van der Waals surface area contributed by atoms with Crippen LogP contribution in [0.5, 0.6) is 6.01 Å². The highest BCUT2D eigenvalue weighted by atomic mass is 19.1. The van der Waals surface area contributed by atoms with Crippen molar-refractivity contribution in [3.8, 4) is 17.1 Å². The zero-order valence-corrected chi connectivity index (χ0v) is 18.4. The van der Waals surface area contributed by atoms with Gasteiger partial charge in [-0.15, -0.1) is 0 Å². The van der Waals surface area contributed by atoms with Crippen molar-refractivity contribution in [2.75, 3.05) is 12.0 Å². The van der Waals surface area contributed by atoms with E-state index in [4.69, 9.17) is 10.5 Å². The molecule has 3 aromatic rings. The minimum atomic E-state index is -0.350. The number of nitrogens with one attached hydrogen (secondary N) is 1. The average molecular weight is 451 g/mol. The number of carbonyl (C=O) groups is 1. The van der Waals surface area contributed by atoms with Crippen LogP contribution in [0.25, 0.3) is 11.1 Å². The number of benzene rings is 1. The van der Waals surface area contributed by atoms with Crippen molar-refractivity contribution in [1.29, 1.82) is 0 Å². The zero-order chi connectivity index (χ0) is 23.2. The van der Waals surface area contributed by atoms with E-state index in [0.717, 1.165) is 36.8 Å². The van der Waals surface area contributed by atoms with Crippen molar-refractivity contribution >= 4 is 11.8 Å². The number of nitrogens with zero attached hydrogens (tertiary/aromatic N) is 4.